The molecule has 4 aromatic rings. The Morgan fingerprint density at radius 1 is 1.08 bits per heavy atom. The molecule has 0 aliphatic rings. The van der Waals surface area contributed by atoms with E-state index < -0.39 is 16.1 Å². The molecular weight excluding hydrogens is 522 g/mol. The van der Waals surface area contributed by atoms with Crippen LogP contribution >= 0.6 is 11.3 Å². The molecule has 0 saturated carbocycles. The fraction of sp³-hybridized carbons (Fsp3) is 0.259. The van der Waals surface area contributed by atoms with E-state index in [1.54, 1.807) is 50.6 Å². The maximum atomic E-state index is 13.6. The Morgan fingerprint density at radius 2 is 1.87 bits per heavy atom. The minimum absolute atomic E-state index is 0.0491. The van der Waals surface area contributed by atoms with Crippen molar-refractivity contribution < 1.29 is 17.9 Å². The molecule has 38 heavy (non-hydrogen) atoms. The van der Waals surface area contributed by atoms with Gasteiger partial charge in [-0.05, 0) is 53.9 Å². The van der Waals surface area contributed by atoms with Crippen molar-refractivity contribution in [2.45, 2.75) is 23.9 Å². The number of thiazole rings is 1. The van der Waals surface area contributed by atoms with Crippen molar-refractivity contribution in [3.8, 4) is 5.75 Å². The SMILES string of the molecule is COCCNCc1cccc(S(=O)(=O)NC(Cc2cccc(C(=N)N)c2)c2nc3ccc(OC)cc3s2)c1. The van der Waals surface area contributed by atoms with Crippen LogP contribution in [0, 0.1) is 5.41 Å². The first kappa shape index (κ1) is 27.7. The normalized spacial score (nSPS) is 12.5. The van der Waals surface area contributed by atoms with Gasteiger partial charge in [-0.25, -0.2) is 18.1 Å². The van der Waals surface area contributed by atoms with Gasteiger partial charge in [0, 0.05) is 25.8 Å². The predicted molar refractivity (Wildman–Crippen MR) is 150 cm³/mol. The van der Waals surface area contributed by atoms with Crippen LogP contribution in [0.25, 0.3) is 10.2 Å². The number of fused-ring (bicyclic) bond motifs is 1. The Bertz CT molecular complexity index is 1520. The molecule has 0 amide bonds. The zero-order chi connectivity index (χ0) is 27.1. The molecule has 11 heteroatoms. The van der Waals surface area contributed by atoms with E-state index in [4.69, 9.17) is 25.6 Å². The Hall–Kier alpha value is -3.35. The lowest BCUT2D eigenvalue weighted by Gasteiger charge is -2.18. The molecule has 9 nitrogen and oxygen atoms in total. The summed E-state index contributed by atoms with van der Waals surface area (Å²) in [7, 11) is -0.655. The molecule has 0 spiro atoms. The van der Waals surface area contributed by atoms with E-state index in [0.717, 1.165) is 21.3 Å². The van der Waals surface area contributed by atoms with Gasteiger partial charge in [-0.2, -0.15) is 0 Å². The summed E-state index contributed by atoms with van der Waals surface area (Å²) in [5.74, 6) is 0.655. The quantitative estimate of drug-likeness (QED) is 0.113. The van der Waals surface area contributed by atoms with Crippen LogP contribution in [0.4, 0.5) is 0 Å². The Morgan fingerprint density at radius 3 is 2.63 bits per heavy atom. The maximum Gasteiger partial charge on any atom is 0.241 e. The van der Waals surface area contributed by atoms with E-state index >= 15 is 0 Å². The molecule has 1 unspecified atom stereocenters. The third-order valence-electron chi connectivity index (χ3n) is 5.91. The van der Waals surface area contributed by atoms with E-state index in [0.29, 0.717) is 42.4 Å². The summed E-state index contributed by atoms with van der Waals surface area (Å²) in [6.07, 6.45) is 0.329. The number of methoxy groups -OCH3 is 2. The van der Waals surface area contributed by atoms with E-state index in [2.05, 4.69) is 10.0 Å². The highest BCUT2D eigenvalue weighted by atomic mass is 32.2. The molecule has 4 rings (SSSR count). The topological polar surface area (TPSA) is 139 Å². The smallest absolute Gasteiger partial charge is 0.241 e. The number of rotatable bonds is 13. The molecule has 0 fully saturated rings. The summed E-state index contributed by atoms with van der Waals surface area (Å²) in [5, 5.41) is 11.6. The Kier molecular flexibility index (Phi) is 9.08. The fourth-order valence-electron chi connectivity index (χ4n) is 3.96. The van der Waals surface area contributed by atoms with Gasteiger partial charge < -0.3 is 20.5 Å². The number of nitrogen functional groups attached to an aromatic ring is 1. The van der Waals surface area contributed by atoms with Gasteiger partial charge in [0.15, 0.2) is 0 Å². The van der Waals surface area contributed by atoms with Crippen LogP contribution in [0.3, 0.4) is 0 Å². The second-order valence-corrected chi connectivity index (χ2v) is 11.5. The number of hydrogen-bond donors (Lipinski definition) is 4. The molecule has 0 radical (unpaired) electrons. The van der Waals surface area contributed by atoms with Gasteiger partial charge >= 0.3 is 0 Å². The summed E-state index contributed by atoms with van der Waals surface area (Å²) in [6.45, 7) is 1.75. The molecule has 1 atom stereocenters. The zero-order valence-corrected chi connectivity index (χ0v) is 22.9. The summed E-state index contributed by atoms with van der Waals surface area (Å²) in [6, 6.07) is 19.0. The number of aromatic nitrogens is 1. The van der Waals surface area contributed by atoms with Gasteiger partial charge in [0.05, 0.1) is 34.9 Å². The van der Waals surface area contributed by atoms with Gasteiger partial charge in [-0.1, -0.05) is 30.3 Å². The highest BCUT2D eigenvalue weighted by Crippen LogP contribution is 2.32. The molecule has 0 aliphatic carbocycles. The molecule has 5 N–H and O–H groups in total. The first-order valence-corrected chi connectivity index (χ1v) is 14.3. The molecule has 0 saturated heterocycles. The molecule has 200 valence electrons. The maximum absolute atomic E-state index is 13.6. The van der Waals surface area contributed by atoms with Gasteiger partial charge in [0.25, 0.3) is 0 Å². The van der Waals surface area contributed by atoms with Crippen molar-refractivity contribution in [1.82, 2.24) is 15.0 Å². The third-order valence-corrected chi connectivity index (χ3v) is 8.51. The van der Waals surface area contributed by atoms with E-state index in [1.165, 1.54) is 11.3 Å². The number of amidine groups is 1. The largest absolute Gasteiger partial charge is 0.497 e. The third kappa shape index (κ3) is 6.94. The van der Waals surface area contributed by atoms with Crippen LogP contribution in [0.15, 0.2) is 71.6 Å². The summed E-state index contributed by atoms with van der Waals surface area (Å²) in [4.78, 5) is 4.92. The number of hydrogen-bond acceptors (Lipinski definition) is 8. The number of benzene rings is 3. The second-order valence-electron chi connectivity index (χ2n) is 8.69. The highest BCUT2D eigenvalue weighted by molar-refractivity contribution is 7.89. The lowest BCUT2D eigenvalue weighted by molar-refractivity contribution is 0.199. The number of nitrogens with two attached hydrogens (primary N) is 1. The molecule has 0 bridgehead atoms. The van der Waals surface area contributed by atoms with Gasteiger partial charge in [0.2, 0.25) is 10.0 Å². The van der Waals surface area contributed by atoms with Crippen molar-refractivity contribution in [2.75, 3.05) is 27.4 Å². The van der Waals surface area contributed by atoms with Crippen LogP contribution in [-0.2, 0) is 27.7 Å². The molecule has 0 aliphatic heterocycles. The van der Waals surface area contributed by atoms with Crippen LogP contribution in [0.1, 0.15) is 27.7 Å². The van der Waals surface area contributed by atoms with Gasteiger partial charge in [-0.15, -0.1) is 11.3 Å². The van der Waals surface area contributed by atoms with Crippen LogP contribution in [-0.4, -0.2) is 46.6 Å². The van der Waals surface area contributed by atoms with E-state index in [-0.39, 0.29) is 10.7 Å². The lowest BCUT2D eigenvalue weighted by atomic mass is 10.0. The first-order chi connectivity index (χ1) is 18.3. The van der Waals surface area contributed by atoms with Crippen LogP contribution < -0.4 is 20.5 Å². The summed E-state index contributed by atoms with van der Waals surface area (Å²) >= 11 is 1.41. The van der Waals surface area contributed by atoms with E-state index in [9.17, 15) is 8.42 Å². The minimum atomic E-state index is -3.89. The number of sulfonamides is 1. The monoisotopic (exact) mass is 553 g/mol. The molecule has 3 aromatic carbocycles. The average molecular weight is 554 g/mol. The second kappa shape index (κ2) is 12.5. The molecule has 1 heterocycles. The zero-order valence-electron chi connectivity index (χ0n) is 21.2. The number of nitrogens with one attached hydrogen (secondary N) is 3. The van der Waals surface area contributed by atoms with Crippen LogP contribution in [0.2, 0.25) is 0 Å². The number of ether oxygens (including phenoxy) is 2. The highest BCUT2D eigenvalue weighted by Gasteiger charge is 2.25. The molecule has 1 aromatic heterocycles. The average Bonchev–Trinajstić information content (AvgIpc) is 3.34. The molecular formula is C27H31N5O4S2. The van der Waals surface area contributed by atoms with Crippen molar-refractivity contribution in [3.63, 3.8) is 0 Å². The van der Waals surface area contributed by atoms with Crippen LogP contribution in [0.5, 0.6) is 5.75 Å². The van der Waals surface area contributed by atoms with Crippen molar-refractivity contribution >= 4 is 37.4 Å². The van der Waals surface area contributed by atoms with Crippen molar-refractivity contribution in [1.29, 1.82) is 5.41 Å². The van der Waals surface area contributed by atoms with E-state index in [1.807, 2.05) is 30.3 Å². The van der Waals surface area contributed by atoms with Crippen molar-refractivity contribution in [3.05, 3.63) is 88.4 Å². The minimum Gasteiger partial charge on any atom is -0.497 e. The van der Waals surface area contributed by atoms with Gasteiger partial charge in [0.1, 0.15) is 16.6 Å². The standard InChI is InChI=1S/C27H31N5O4S2/c1-35-12-11-30-17-19-6-4-8-22(14-19)38(33,34)32-24(15-18-5-3-7-20(13-18)26(28)29)27-31-23-10-9-21(36-2)16-25(23)37-27/h3-10,13-14,16,24,30,32H,11-12,15,17H2,1-2H3,(H3,28,29). The number of nitrogens with zero attached hydrogens (tertiary/aromatic N) is 1. The predicted octanol–water partition coefficient (Wildman–Crippen LogP) is 3.59. The Balaban J connectivity index is 1.65. The first-order valence-electron chi connectivity index (χ1n) is 12.0. The van der Waals surface area contributed by atoms with Gasteiger partial charge in [-0.3, -0.25) is 5.41 Å². The van der Waals surface area contributed by atoms with Crippen molar-refractivity contribution in [2.24, 2.45) is 5.73 Å². The Labute approximate surface area is 226 Å². The fourth-order valence-corrected chi connectivity index (χ4v) is 6.36. The summed E-state index contributed by atoms with van der Waals surface area (Å²) in [5.41, 5.74) is 8.70. The lowest BCUT2D eigenvalue weighted by Crippen LogP contribution is -2.30. The summed E-state index contributed by atoms with van der Waals surface area (Å²) < 4.78 is 41.3.